The van der Waals surface area contributed by atoms with Crippen LogP contribution in [0.4, 0.5) is 10.1 Å². The number of rotatable bonds is 5. The standard InChI is InChI=1S/C8H7FN6O4S/c9-6-3-5(15(16)17)1-2-7(6)20(18,19)10-4-8-11-13-14-12-8/h1-3,10H,4H2,(H,11,12,13,14). The predicted octanol–water partition coefficient (Wildman–Crippen LogP) is -0.275. The molecule has 0 aliphatic heterocycles. The van der Waals surface area contributed by atoms with Crippen LogP contribution in [0.15, 0.2) is 23.1 Å². The molecular weight excluding hydrogens is 295 g/mol. The molecule has 20 heavy (non-hydrogen) atoms. The van der Waals surface area contributed by atoms with E-state index in [1.807, 2.05) is 4.72 Å². The molecule has 2 rings (SSSR count). The van der Waals surface area contributed by atoms with Crippen molar-refractivity contribution in [2.75, 3.05) is 0 Å². The molecule has 12 heteroatoms. The third-order valence-electron chi connectivity index (χ3n) is 2.23. The number of hydrogen-bond acceptors (Lipinski definition) is 7. The van der Waals surface area contributed by atoms with Crippen molar-refractivity contribution >= 4 is 15.7 Å². The zero-order valence-electron chi connectivity index (χ0n) is 9.65. The molecule has 0 aliphatic rings. The molecule has 0 unspecified atom stereocenters. The molecule has 2 aromatic rings. The first-order valence-corrected chi connectivity index (χ1v) is 6.54. The number of sulfonamides is 1. The number of halogens is 1. The lowest BCUT2D eigenvalue weighted by Crippen LogP contribution is -2.24. The lowest BCUT2D eigenvalue weighted by molar-refractivity contribution is -0.385. The van der Waals surface area contributed by atoms with Gasteiger partial charge in [-0.2, -0.15) is 5.21 Å². The first kappa shape index (κ1) is 14.0. The molecule has 2 N–H and O–H groups in total. The molecule has 0 atom stereocenters. The molecule has 1 heterocycles. The molecule has 0 saturated carbocycles. The van der Waals surface area contributed by atoms with Gasteiger partial charge in [-0.3, -0.25) is 10.1 Å². The molecule has 0 bridgehead atoms. The van der Waals surface area contributed by atoms with E-state index in [-0.39, 0.29) is 12.4 Å². The Labute approximate surface area is 111 Å². The van der Waals surface area contributed by atoms with Crippen LogP contribution < -0.4 is 4.72 Å². The average molecular weight is 302 g/mol. The number of nitro groups is 1. The van der Waals surface area contributed by atoms with Crippen molar-refractivity contribution < 1.29 is 17.7 Å². The van der Waals surface area contributed by atoms with E-state index in [0.29, 0.717) is 6.07 Å². The molecule has 1 aromatic heterocycles. The van der Waals surface area contributed by atoms with Gasteiger partial charge in [-0.05, 0) is 6.07 Å². The van der Waals surface area contributed by atoms with Gasteiger partial charge in [0.25, 0.3) is 5.69 Å². The fourth-order valence-electron chi connectivity index (χ4n) is 1.32. The summed E-state index contributed by atoms with van der Waals surface area (Å²) in [5, 5.41) is 22.8. The zero-order chi connectivity index (χ0) is 14.8. The predicted molar refractivity (Wildman–Crippen MR) is 61.3 cm³/mol. The second-order valence-corrected chi connectivity index (χ2v) is 5.26. The van der Waals surface area contributed by atoms with Crippen molar-refractivity contribution in [3.05, 3.63) is 40.0 Å². The minimum Gasteiger partial charge on any atom is -0.258 e. The lowest BCUT2D eigenvalue weighted by Gasteiger charge is -2.05. The Morgan fingerprint density at radius 2 is 2.20 bits per heavy atom. The van der Waals surface area contributed by atoms with Crippen molar-refractivity contribution in [3.63, 3.8) is 0 Å². The van der Waals surface area contributed by atoms with Crippen LogP contribution in [-0.4, -0.2) is 34.0 Å². The van der Waals surface area contributed by atoms with Gasteiger partial charge >= 0.3 is 0 Å². The second kappa shape index (κ2) is 5.26. The molecule has 0 fully saturated rings. The molecule has 0 spiro atoms. The topological polar surface area (TPSA) is 144 Å². The Kier molecular flexibility index (Phi) is 3.67. The molecule has 0 radical (unpaired) electrons. The van der Waals surface area contributed by atoms with Crippen LogP contribution >= 0.6 is 0 Å². The Balaban J connectivity index is 2.23. The van der Waals surface area contributed by atoms with Crippen LogP contribution in [0.25, 0.3) is 0 Å². The number of H-pyrrole nitrogens is 1. The van der Waals surface area contributed by atoms with Gasteiger partial charge in [0, 0.05) is 6.07 Å². The molecule has 1 aromatic carbocycles. The summed E-state index contributed by atoms with van der Waals surface area (Å²) in [6, 6.07) is 2.24. The van der Waals surface area contributed by atoms with Crippen molar-refractivity contribution in [1.29, 1.82) is 0 Å². The summed E-state index contributed by atoms with van der Waals surface area (Å²) in [7, 11) is -4.18. The molecule has 0 aliphatic carbocycles. The number of aromatic amines is 1. The summed E-state index contributed by atoms with van der Waals surface area (Å²) in [4.78, 5) is 8.91. The highest BCUT2D eigenvalue weighted by Crippen LogP contribution is 2.20. The maximum atomic E-state index is 13.6. The third-order valence-corrected chi connectivity index (χ3v) is 3.66. The van der Waals surface area contributed by atoms with E-state index in [0.717, 1.165) is 12.1 Å². The van der Waals surface area contributed by atoms with E-state index >= 15 is 0 Å². The van der Waals surface area contributed by atoms with Crippen molar-refractivity contribution in [2.45, 2.75) is 11.4 Å². The summed E-state index contributed by atoms with van der Waals surface area (Å²) in [5.74, 6) is -1.16. The quantitative estimate of drug-likeness (QED) is 0.571. The number of non-ortho nitro benzene ring substituents is 1. The molecule has 106 valence electrons. The summed E-state index contributed by atoms with van der Waals surface area (Å²) in [6.45, 7) is -0.296. The van der Waals surface area contributed by atoms with E-state index in [1.54, 1.807) is 0 Å². The Hall–Kier alpha value is -2.47. The number of tetrazole rings is 1. The van der Waals surface area contributed by atoms with E-state index in [9.17, 15) is 22.9 Å². The Bertz CT molecular complexity index is 731. The third kappa shape index (κ3) is 2.92. The first-order chi connectivity index (χ1) is 9.40. The SMILES string of the molecule is O=[N+]([O-])c1ccc(S(=O)(=O)NCc2nn[nH]n2)c(F)c1. The molecular formula is C8H7FN6O4S. The van der Waals surface area contributed by atoms with Crippen molar-refractivity contribution in [2.24, 2.45) is 0 Å². The van der Waals surface area contributed by atoms with Crippen LogP contribution in [0.3, 0.4) is 0 Å². The minimum atomic E-state index is -4.18. The van der Waals surface area contributed by atoms with E-state index in [2.05, 4.69) is 20.6 Å². The van der Waals surface area contributed by atoms with Gasteiger partial charge < -0.3 is 0 Å². The minimum absolute atomic E-state index is 0.0656. The van der Waals surface area contributed by atoms with Crippen LogP contribution in [0.5, 0.6) is 0 Å². The zero-order valence-corrected chi connectivity index (χ0v) is 10.5. The summed E-state index contributed by atoms with van der Waals surface area (Å²) >= 11 is 0. The molecule has 10 nitrogen and oxygen atoms in total. The molecule has 0 amide bonds. The summed E-state index contributed by atoms with van der Waals surface area (Å²) in [6.07, 6.45) is 0. The van der Waals surface area contributed by atoms with Crippen LogP contribution in [0.1, 0.15) is 5.82 Å². The maximum Gasteiger partial charge on any atom is 0.272 e. The largest absolute Gasteiger partial charge is 0.272 e. The van der Waals surface area contributed by atoms with Gasteiger partial charge in [-0.1, -0.05) is 5.21 Å². The highest BCUT2D eigenvalue weighted by atomic mass is 32.2. The lowest BCUT2D eigenvalue weighted by atomic mass is 10.3. The normalized spacial score (nSPS) is 11.4. The second-order valence-electron chi connectivity index (χ2n) is 3.52. The number of hydrogen-bond donors (Lipinski definition) is 2. The van der Waals surface area contributed by atoms with Crippen LogP contribution in [-0.2, 0) is 16.6 Å². The van der Waals surface area contributed by atoms with Crippen LogP contribution in [0, 0.1) is 15.9 Å². The fraction of sp³-hybridized carbons (Fsp3) is 0.125. The van der Waals surface area contributed by atoms with E-state index in [1.165, 1.54) is 0 Å². The Morgan fingerprint density at radius 3 is 2.75 bits per heavy atom. The number of nitro benzene ring substituents is 1. The number of nitrogens with zero attached hydrogens (tertiary/aromatic N) is 4. The fourth-order valence-corrected chi connectivity index (χ4v) is 2.35. The highest BCUT2D eigenvalue weighted by molar-refractivity contribution is 7.89. The van der Waals surface area contributed by atoms with Crippen LogP contribution in [0.2, 0.25) is 0 Å². The number of aromatic nitrogens is 4. The van der Waals surface area contributed by atoms with Crippen molar-refractivity contribution in [1.82, 2.24) is 25.3 Å². The van der Waals surface area contributed by atoms with Crippen molar-refractivity contribution in [3.8, 4) is 0 Å². The molecule has 0 saturated heterocycles. The van der Waals surface area contributed by atoms with Gasteiger partial charge in [0.1, 0.15) is 10.7 Å². The van der Waals surface area contributed by atoms with Gasteiger partial charge in [0.2, 0.25) is 10.0 Å². The first-order valence-electron chi connectivity index (χ1n) is 5.06. The monoisotopic (exact) mass is 302 g/mol. The number of nitrogens with one attached hydrogen (secondary N) is 2. The van der Waals surface area contributed by atoms with Gasteiger partial charge in [-0.25, -0.2) is 17.5 Å². The average Bonchev–Trinajstić information content (AvgIpc) is 2.89. The van der Waals surface area contributed by atoms with Gasteiger partial charge in [-0.15, -0.1) is 10.2 Å². The smallest absolute Gasteiger partial charge is 0.258 e. The van der Waals surface area contributed by atoms with Gasteiger partial charge in [0.05, 0.1) is 17.5 Å². The Morgan fingerprint density at radius 1 is 1.45 bits per heavy atom. The highest BCUT2D eigenvalue weighted by Gasteiger charge is 2.22. The maximum absolute atomic E-state index is 13.6. The number of benzene rings is 1. The summed E-state index contributed by atoms with van der Waals surface area (Å²) in [5.41, 5.74) is -0.542. The van der Waals surface area contributed by atoms with E-state index < -0.39 is 31.3 Å². The summed E-state index contributed by atoms with van der Waals surface area (Å²) < 4.78 is 39.3. The van der Waals surface area contributed by atoms with Gasteiger partial charge in [0.15, 0.2) is 5.82 Å². The van der Waals surface area contributed by atoms with E-state index in [4.69, 9.17) is 0 Å².